The van der Waals surface area contributed by atoms with Crippen LogP contribution in [0.15, 0.2) is 72.0 Å². The van der Waals surface area contributed by atoms with Gasteiger partial charge in [-0.25, -0.2) is 0 Å². The normalized spacial score (nSPS) is 18.9. The van der Waals surface area contributed by atoms with Crippen molar-refractivity contribution in [3.8, 4) is 5.75 Å². The van der Waals surface area contributed by atoms with Gasteiger partial charge < -0.3 is 15.2 Å². The largest absolute Gasteiger partial charge is 0.507 e. The van der Waals surface area contributed by atoms with Gasteiger partial charge >= 0.3 is 0 Å². The number of ketones is 1. The Balaban J connectivity index is 1.76. The van der Waals surface area contributed by atoms with E-state index in [4.69, 9.17) is 4.74 Å². The number of allylic oxidation sites excluding steroid dienone is 1. The van der Waals surface area contributed by atoms with Crippen molar-refractivity contribution in [1.82, 2.24) is 5.32 Å². The lowest BCUT2D eigenvalue weighted by atomic mass is 10.0. The topological polar surface area (TPSA) is 75.6 Å². The second-order valence-corrected chi connectivity index (χ2v) is 5.95. The summed E-state index contributed by atoms with van der Waals surface area (Å²) in [5.41, 5.74) is 1.56. The number of aliphatic hydroxyl groups excluding tert-OH is 1. The molecule has 1 amide bonds. The number of carbonyl (C=O) groups is 2. The van der Waals surface area contributed by atoms with Crippen LogP contribution < -0.4 is 10.1 Å². The minimum absolute atomic E-state index is 0.198. The number of carbonyl (C=O) groups excluding carboxylic acids is 2. The molecule has 0 radical (unpaired) electrons. The van der Waals surface area contributed by atoms with Gasteiger partial charge in [-0.05, 0) is 29.3 Å². The van der Waals surface area contributed by atoms with Crippen molar-refractivity contribution in [2.45, 2.75) is 12.5 Å². The summed E-state index contributed by atoms with van der Waals surface area (Å²) in [6, 6.07) is 16.0. The Morgan fingerprint density at radius 3 is 2.46 bits per heavy atom. The van der Waals surface area contributed by atoms with Crippen molar-refractivity contribution in [3.63, 3.8) is 0 Å². The molecule has 0 bridgehead atoms. The van der Waals surface area contributed by atoms with Crippen molar-refractivity contribution in [1.29, 1.82) is 0 Å². The van der Waals surface area contributed by atoms with Crippen LogP contribution in [-0.2, 0) is 16.0 Å². The molecular weight excluding hydrogens is 330 g/mol. The van der Waals surface area contributed by atoms with E-state index in [1.54, 1.807) is 25.3 Å². The fourth-order valence-corrected chi connectivity index (χ4v) is 2.79. The molecule has 3 rings (SSSR count). The van der Waals surface area contributed by atoms with Gasteiger partial charge in [0.2, 0.25) is 0 Å². The van der Waals surface area contributed by atoms with E-state index in [2.05, 4.69) is 5.32 Å². The highest BCUT2D eigenvalue weighted by molar-refractivity contribution is 6.27. The molecule has 5 nitrogen and oxygen atoms in total. The molecule has 1 fully saturated rings. The van der Waals surface area contributed by atoms with Crippen LogP contribution in [0.1, 0.15) is 11.1 Å². The lowest BCUT2D eigenvalue weighted by molar-refractivity contribution is -0.117. The van der Waals surface area contributed by atoms with Gasteiger partial charge in [-0.2, -0.15) is 0 Å². The van der Waals surface area contributed by atoms with Gasteiger partial charge in [-0.15, -0.1) is 0 Å². The third kappa shape index (κ3) is 3.83. The number of ether oxygens (including phenoxy) is 1. The van der Waals surface area contributed by atoms with Crippen molar-refractivity contribution in [2.24, 2.45) is 0 Å². The molecule has 2 aromatic rings. The number of hydrogen-bond acceptors (Lipinski definition) is 4. The summed E-state index contributed by atoms with van der Waals surface area (Å²) in [6.45, 7) is 0. The van der Waals surface area contributed by atoms with Crippen molar-refractivity contribution < 1.29 is 19.4 Å². The second-order valence-electron chi connectivity index (χ2n) is 5.95. The molecule has 5 heteroatoms. The Bertz CT molecular complexity index is 867. The van der Waals surface area contributed by atoms with Crippen LogP contribution in [0.2, 0.25) is 0 Å². The quantitative estimate of drug-likeness (QED) is 0.494. The van der Waals surface area contributed by atoms with E-state index in [9.17, 15) is 14.7 Å². The predicted octanol–water partition coefficient (Wildman–Crippen LogP) is 2.83. The number of amides is 1. The molecule has 1 saturated heterocycles. The van der Waals surface area contributed by atoms with Crippen LogP contribution >= 0.6 is 0 Å². The zero-order valence-electron chi connectivity index (χ0n) is 14.3. The monoisotopic (exact) mass is 349 g/mol. The number of aliphatic hydroxyl groups is 1. The third-order valence-electron chi connectivity index (χ3n) is 4.18. The Labute approximate surface area is 151 Å². The summed E-state index contributed by atoms with van der Waals surface area (Å²) in [4.78, 5) is 24.6. The Morgan fingerprint density at radius 1 is 1.12 bits per heavy atom. The first-order chi connectivity index (χ1) is 12.6. The molecule has 0 aliphatic carbocycles. The molecule has 26 heavy (non-hydrogen) atoms. The van der Waals surface area contributed by atoms with Gasteiger partial charge in [-0.1, -0.05) is 48.5 Å². The maximum absolute atomic E-state index is 12.5. The summed E-state index contributed by atoms with van der Waals surface area (Å²) in [5, 5.41) is 12.9. The molecule has 2 aromatic carbocycles. The first kappa shape index (κ1) is 17.5. The number of methoxy groups -OCH3 is 1. The fourth-order valence-electron chi connectivity index (χ4n) is 2.79. The molecule has 1 atom stereocenters. The lowest BCUT2D eigenvalue weighted by Crippen LogP contribution is -2.31. The predicted molar refractivity (Wildman–Crippen MR) is 98.8 cm³/mol. The number of Topliss-reactive ketones (excluding diaryl/α,β-unsaturated/α-hetero) is 1. The van der Waals surface area contributed by atoms with E-state index < -0.39 is 17.7 Å². The van der Waals surface area contributed by atoms with E-state index in [0.717, 1.165) is 16.9 Å². The van der Waals surface area contributed by atoms with Gasteiger partial charge in [0, 0.05) is 6.42 Å². The van der Waals surface area contributed by atoms with Gasteiger partial charge in [0.1, 0.15) is 17.1 Å². The summed E-state index contributed by atoms with van der Waals surface area (Å²) >= 11 is 0. The third-order valence-corrected chi connectivity index (χ3v) is 4.18. The molecule has 1 heterocycles. The van der Waals surface area contributed by atoms with E-state index in [-0.39, 0.29) is 11.3 Å². The maximum atomic E-state index is 12.5. The zero-order valence-corrected chi connectivity index (χ0v) is 14.3. The highest BCUT2D eigenvalue weighted by Crippen LogP contribution is 2.19. The molecule has 0 spiro atoms. The molecule has 0 aromatic heterocycles. The second kappa shape index (κ2) is 7.70. The number of nitrogens with one attached hydrogen (secondary N) is 1. The van der Waals surface area contributed by atoms with E-state index in [0.29, 0.717) is 6.42 Å². The van der Waals surface area contributed by atoms with Gasteiger partial charge in [0.05, 0.1) is 13.2 Å². The van der Waals surface area contributed by atoms with Gasteiger partial charge in [-0.3, -0.25) is 9.59 Å². The standard InChI is InChI=1S/C21H19NO4/c1-26-16-10-7-14(8-11-16)9-12-18(23)19-20(24)17(22-21(19)25)13-15-5-3-2-4-6-15/h2-12,17,23H,13H2,1H3,(H,22,25)/b12-9+,19-18-/t17-/m0/s1. The smallest absolute Gasteiger partial charge is 0.259 e. The average Bonchev–Trinajstić information content (AvgIpc) is 2.94. The van der Waals surface area contributed by atoms with Gasteiger partial charge in [0.15, 0.2) is 5.78 Å². The van der Waals surface area contributed by atoms with Crippen molar-refractivity contribution in [3.05, 3.63) is 83.1 Å². The van der Waals surface area contributed by atoms with Crippen molar-refractivity contribution in [2.75, 3.05) is 7.11 Å². The summed E-state index contributed by atoms with van der Waals surface area (Å²) in [5.74, 6) is -0.554. The number of hydrogen-bond donors (Lipinski definition) is 2. The highest BCUT2D eigenvalue weighted by Gasteiger charge is 2.37. The molecule has 1 aliphatic rings. The SMILES string of the molecule is COc1ccc(/C=C/C(O)=C2/C(=O)N[C@@H](Cc3ccccc3)C2=O)cc1. The minimum Gasteiger partial charge on any atom is -0.507 e. The minimum atomic E-state index is -0.656. The number of benzene rings is 2. The van der Waals surface area contributed by atoms with E-state index in [1.165, 1.54) is 6.08 Å². The molecular formula is C21H19NO4. The van der Waals surface area contributed by atoms with Gasteiger partial charge in [0.25, 0.3) is 5.91 Å². The van der Waals surface area contributed by atoms with Crippen LogP contribution in [0.5, 0.6) is 5.75 Å². The Hall–Kier alpha value is -3.34. The molecule has 132 valence electrons. The highest BCUT2D eigenvalue weighted by atomic mass is 16.5. The van der Waals surface area contributed by atoms with Crippen molar-refractivity contribution >= 4 is 17.8 Å². The molecule has 0 unspecified atom stereocenters. The van der Waals surface area contributed by atoms with Crippen LogP contribution in [0.4, 0.5) is 0 Å². The first-order valence-electron chi connectivity index (χ1n) is 8.23. The maximum Gasteiger partial charge on any atom is 0.259 e. The van der Waals surface area contributed by atoms with Crippen LogP contribution in [-0.4, -0.2) is 29.9 Å². The molecule has 1 aliphatic heterocycles. The fraction of sp³-hybridized carbons (Fsp3) is 0.143. The van der Waals surface area contributed by atoms with Crippen LogP contribution in [0.3, 0.4) is 0 Å². The Morgan fingerprint density at radius 2 is 1.81 bits per heavy atom. The number of rotatable bonds is 5. The zero-order chi connectivity index (χ0) is 18.5. The summed E-state index contributed by atoms with van der Waals surface area (Å²) < 4.78 is 5.08. The summed E-state index contributed by atoms with van der Waals surface area (Å²) in [7, 11) is 1.58. The molecule has 2 N–H and O–H groups in total. The average molecular weight is 349 g/mol. The van der Waals surface area contributed by atoms with E-state index >= 15 is 0 Å². The van der Waals surface area contributed by atoms with E-state index in [1.807, 2.05) is 42.5 Å². The van der Waals surface area contributed by atoms with Crippen LogP contribution in [0.25, 0.3) is 6.08 Å². The first-order valence-corrected chi connectivity index (χ1v) is 8.23. The Kier molecular flexibility index (Phi) is 5.17. The lowest BCUT2D eigenvalue weighted by Gasteiger charge is -2.07. The molecule has 0 saturated carbocycles. The van der Waals surface area contributed by atoms with Crippen LogP contribution in [0, 0.1) is 0 Å². The summed E-state index contributed by atoms with van der Waals surface area (Å²) in [6.07, 6.45) is 3.39.